The summed E-state index contributed by atoms with van der Waals surface area (Å²) in [6.07, 6.45) is 0. The molecular formula is C12H17ClN4O. The number of pyridine rings is 1. The number of nitrogens with zero attached hydrogens (tertiary/aromatic N) is 2. The van der Waals surface area contributed by atoms with E-state index in [9.17, 15) is 0 Å². The lowest BCUT2D eigenvalue weighted by molar-refractivity contribution is 0.200. The van der Waals surface area contributed by atoms with Gasteiger partial charge in [-0.3, -0.25) is 0 Å². The Morgan fingerprint density at radius 2 is 2.22 bits per heavy atom. The van der Waals surface area contributed by atoms with Gasteiger partial charge in [0.05, 0.1) is 22.9 Å². The molecule has 1 rings (SSSR count). The van der Waals surface area contributed by atoms with Crippen LogP contribution in [-0.4, -0.2) is 38.3 Å². The summed E-state index contributed by atoms with van der Waals surface area (Å²) >= 11 is 6.03. The van der Waals surface area contributed by atoms with E-state index in [0.717, 1.165) is 13.1 Å². The minimum absolute atomic E-state index is 0.467. The van der Waals surface area contributed by atoms with Crippen LogP contribution in [0, 0.1) is 18.3 Å². The molecule has 0 spiro atoms. The van der Waals surface area contributed by atoms with Crippen molar-refractivity contribution in [2.45, 2.75) is 6.92 Å². The van der Waals surface area contributed by atoms with Gasteiger partial charge in [-0.25, -0.2) is 4.98 Å². The quantitative estimate of drug-likeness (QED) is 0.735. The fourth-order valence-corrected chi connectivity index (χ4v) is 1.60. The van der Waals surface area contributed by atoms with Crippen LogP contribution in [0.15, 0.2) is 6.07 Å². The Bertz CT molecular complexity index is 431. The first kappa shape index (κ1) is 14.7. The second-order valence-corrected chi connectivity index (χ2v) is 4.14. The largest absolute Gasteiger partial charge is 0.383 e. The lowest BCUT2D eigenvalue weighted by Crippen LogP contribution is -2.25. The fraction of sp³-hybridized carbons (Fsp3) is 0.500. The summed E-state index contributed by atoms with van der Waals surface area (Å²) in [5, 5.41) is 15.6. The molecule has 2 N–H and O–H groups in total. The number of hydrogen-bond acceptors (Lipinski definition) is 5. The average Bonchev–Trinajstić information content (AvgIpc) is 2.37. The van der Waals surface area contributed by atoms with Crippen molar-refractivity contribution in [2.75, 3.05) is 38.7 Å². The lowest BCUT2D eigenvalue weighted by atomic mass is 10.2. The summed E-state index contributed by atoms with van der Waals surface area (Å²) in [6, 6.07) is 3.68. The Morgan fingerprint density at radius 1 is 1.44 bits per heavy atom. The minimum atomic E-state index is 0.467. The molecular weight excluding hydrogens is 252 g/mol. The molecule has 1 aromatic heterocycles. The molecule has 0 radical (unpaired) electrons. The van der Waals surface area contributed by atoms with Crippen molar-refractivity contribution in [3.8, 4) is 6.07 Å². The molecule has 0 aliphatic rings. The number of hydrogen-bond donors (Lipinski definition) is 2. The van der Waals surface area contributed by atoms with Crippen LogP contribution in [0.5, 0.6) is 0 Å². The highest BCUT2D eigenvalue weighted by Gasteiger charge is 2.06. The van der Waals surface area contributed by atoms with E-state index in [1.165, 1.54) is 0 Å². The zero-order valence-corrected chi connectivity index (χ0v) is 11.3. The molecule has 0 saturated heterocycles. The van der Waals surface area contributed by atoms with Crippen LogP contribution < -0.4 is 10.6 Å². The average molecular weight is 269 g/mol. The van der Waals surface area contributed by atoms with Crippen molar-refractivity contribution in [1.82, 2.24) is 10.3 Å². The van der Waals surface area contributed by atoms with Crippen LogP contribution >= 0.6 is 11.6 Å². The third-order valence-electron chi connectivity index (χ3n) is 2.36. The van der Waals surface area contributed by atoms with Gasteiger partial charge in [0, 0.05) is 26.7 Å². The zero-order valence-electron chi connectivity index (χ0n) is 10.6. The number of nitriles is 1. The Hall–Kier alpha value is -1.35. The Balaban J connectivity index is 2.43. The van der Waals surface area contributed by atoms with E-state index in [2.05, 4.69) is 21.7 Å². The van der Waals surface area contributed by atoms with E-state index in [1.54, 1.807) is 20.1 Å². The molecule has 5 nitrogen and oxygen atoms in total. The lowest BCUT2D eigenvalue weighted by Gasteiger charge is -2.09. The van der Waals surface area contributed by atoms with E-state index in [1.807, 2.05) is 0 Å². The standard InChI is InChI=1S/C12H17ClN4O/c1-9-10(8-14)7-11(13)12(17-9)16-4-3-15-5-6-18-2/h7,15H,3-6H2,1-2H3,(H,16,17). The predicted octanol–water partition coefficient (Wildman–Crippen LogP) is 1.56. The SMILES string of the molecule is COCCNCCNc1nc(C)c(C#N)cc1Cl. The Labute approximate surface area is 112 Å². The monoisotopic (exact) mass is 268 g/mol. The van der Waals surface area contributed by atoms with Crippen molar-refractivity contribution < 1.29 is 4.74 Å². The van der Waals surface area contributed by atoms with Crippen molar-refractivity contribution in [2.24, 2.45) is 0 Å². The van der Waals surface area contributed by atoms with E-state index in [4.69, 9.17) is 21.6 Å². The molecule has 6 heteroatoms. The predicted molar refractivity (Wildman–Crippen MR) is 71.9 cm³/mol. The fourth-order valence-electron chi connectivity index (χ4n) is 1.39. The number of ether oxygens (including phenoxy) is 1. The third-order valence-corrected chi connectivity index (χ3v) is 2.65. The van der Waals surface area contributed by atoms with Gasteiger partial charge < -0.3 is 15.4 Å². The van der Waals surface area contributed by atoms with Gasteiger partial charge in [-0.1, -0.05) is 11.6 Å². The van der Waals surface area contributed by atoms with Crippen LogP contribution in [0.2, 0.25) is 5.02 Å². The molecule has 0 fully saturated rings. The molecule has 18 heavy (non-hydrogen) atoms. The molecule has 0 atom stereocenters. The van der Waals surface area contributed by atoms with Crippen molar-refractivity contribution in [3.05, 3.63) is 22.3 Å². The summed E-state index contributed by atoms with van der Waals surface area (Å²) in [4.78, 5) is 4.26. The molecule has 98 valence electrons. The van der Waals surface area contributed by atoms with Gasteiger partial charge in [0.15, 0.2) is 0 Å². The number of halogens is 1. The number of methoxy groups -OCH3 is 1. The van der Waals surface area contributed by atoms with Crippen molar-refractivity contribution >= 4 is 17.4 Å². The second-order valence-electron chi connectivity index (χ2n) is 3.73. The maximum Gasteiger partial charge on any atom is 0.145 e. The van der Waals surface area contributed by atoms with Gasteiger partial charge in [0.25, 0.3) is 0 Å². The highest BCUT2D eigenvalue weighted by Crippen LogP contribution is 2.21. The molecule has 0 saturated carbocycles. The van der Waals surface area contributed by atoms with Crippen LogP contribution in [-0.2, 0) is 4.74 Å². The van der Waals surface area contributed by atoms with Gasteiger partial charge in [-0.15, -0.1) is 0 Å². The molecule has 0 amide bonds. The summed E-state index contributed by atoms with van der Waals surface area (Å²) < 4.78 is 4.92. The first-order valence-corrected chi connectivity index (χ1v) is 6.07. The smallest absolute Gasteiger partial charge is 0.145 e. The van der Waals surface area contributed by atoms with Gasteiger partial charge in [-0.05, 0) is 13.0 Å². The normalized spacial score (nSPS) is 10.1. The highest BCUT2D eigenvalue weighted by molar-refractivity contribution is 6.33. The van der Waals surface area contributed by atoms with Crippen LogP contribution in [0.1, 0.15) is 11.3 Å². The summed E-state index contributed by atoms with van der Waals surface area (Å²) in [6.45, 7) is 4.79. The first-order chi connectivity index (χ1) is 8.69. The van der Waals surface area contributed by atoms with Gasteiger partial charge in [-0.2, -0.15) is 5.26 Å². The number of aryl methyl sites for hydroxylation is 1. The van der Waals surface area contributed by atoms with Crippen molar-refractivity contribution in [3.63, 3.8) is 0 Å². The van der Waals surface area contributed by atoms with Gasteiger partial charge >= 0.3 is 0 Å². The summed E-state index contributed by atoms with van der Waals surface area (Å²) in [7, 11) is 1.67. The summed E-state index contributed by atoms with van der Waals surface area (Å²) in [5.41, 5.74) is 1.18. The van der Waals surface area contributed by atoms with Gasteiger partial charge in [0.2, 0.25) is 0 Å². The highest BCUT2D eigenvalue weighted by atomic mass is 35.5. The minimum Gasteiger partial charge on any atom is -0.383 e. The van der Waals surface area contributed by atoms with E-state index in [-0.39, 0.29) is 0 Å². The van der Waals surface area contributed by atoms with Crippen LogP contribution in [0.25, 0.3) is 0 Å². The van der Waals surface area contributed by atoms with E-state index in [0.29, 0.717) is 35.2 Å². The van der Waals surface area contributed by atoms with Crippen LogP contribution in [0.4, 0.5) is 5.82 Å². The van der Waals surface area contributed by atoms with E-state index >= 15 is 0 Å². The molecule has 1 aromatic rings. The maximum atomic E-state index is 8.84. The summed E-state index contributed by atoms with van der Waals surface area (Å²) in [5.74, 6) is 0.613. The first-order valence-electron chi connectivity index (χ1n) is 5.69. The number of nitrogens with one attached hydrogen (secondary N) is 2. The second kappa shape index (κ2) is 7.88. The molecule has 0 unspecified atom stereocenters. The topological polar surface area (TPSA) is 70.0 Å². The number of aromatic nitrogens is 1. The molecule has 1 heterocycles. The van der Waals surface area contributed by atoms with Crippen molar-refractivity contribution in [1.29, 1.82) is 5.26 Å². The Kier molecular flexibility index (Phi) is 6.44. The number of rotatable bonds is 7. The Morgan fingerprint density at radius 3 is 2.89 bits per heavy atom. The molecule has 0 bridgehead atoms. The molecule has 0 aliphatic carbocycles. The van der Waals surface area contributed by atoms with E-state index < -0.39 is 0 Å². The maximum absolute atomic E-state index is 8.84. The zero-order chi connectivity index (χ0) is 13.4. The van der Waals surface area contributed by atoms with Crippen LogP contribution in [0.3, 0.4) is 0 Å². The molecule has 0 aromatic carbocycles. The third kappa shape index (κ3) is 4.49. The van der Waals surface area contributed by atoms with Gasteiger partial charge in [0.1, 0.15) is 11.9 Å². The number of anilines is 1. The molecule has 0 aliphatic heterocycles.